The fraction of sp³-hybridized carbons (Fsp3) is 0.562. The molecule has 0 aliphatic heterocycles. The molecule has 0 aromatic heterocycles. The summed E-state index contributed by atoms with van der Waals surface area (Å²) in [6, 6.07) is 8.79. The molecular weight excluding hydrogens is 206 g/mol. The third-order valence-corrected chi connectivity index (χ3v) is 6.22. The first-order valence-electron chi connectivity index (χ1n) is 6.86. The topological polar surface area (TPSA) is 23.8 Å². The highest BCUT2D eigenvalue weighted by atomic mass is 14.8. The molecular formula is C16H15N. The van der Waals surface area contributed by atoms with Gasteiger partial charge in [0.25, 0.3) is 0 Å². The van der Waals surface area contributed by atoms with Crippen LogP contribution >= 0.6 is 0 Å². The van der Waals surface area contributed by atoms with Crippen LogP contribution in [0.25, 0.3) is 0 Å². The molecule has 2 bridgehead atoms. The van der Waals surface area contributed by atoms with Crippen LogP contribution in [0.3, 0.4) is 0 Å². The van der Waals surface area contributed by atoms with Crippen molar-refractivity contribution in [2.45, 2.75) is 37.5 Å². The van der Waals surface area contributed by atoms with Gasteiger partial charge in [-0.2, -0.15) is 5.26 Å². The van der Waals surface area contributed by atoms with E-state index in [1.54, 1.807) is 11.1 Å². The third kappa shape index (κ3) is 0.824. The van der Waals surface area contributed by atoms with E-state index >= 15 is 0 Å². The van der Waals surface area contributed by atoms with Gasteiger partial charge < -0.3 is 0 Å². The van der Waals surface area contributed by atoms with Gasteiger partial charge in [0, 0.05) is 0 Å². The molecule has 17 heavy (non-hydrogen) atoms. The molecule has 4 aliphatic carbocycles. The van der Waals surface area contributed by atoms with Crippen LogP contribution in [-0.4, -0.2) is 0 Å². The minimum atomic E-state index is 0.707. The lowest BCUT2D eigenvalue weighted by Gasteiger charge is -2.43. The standard InChI is InChI=1S/C16H15N/c17-8-9-1-2-12-10-4-11-6-16(14(11)5-10)7-15(16)13(12)3-9/h1-3,10-11,14-15H,4-7H2. The molecule has 0 radical (unpaired) electrons. The fourth-order valence-corrected chi connectivity index (χ4v) is 5.48. The van der Waals surface area contributed by atoms with Crippen LogP contribution in [0.15, 0.2) is 18.2 Å². The Morgan fingerprint density at radius 3 is 3.00 bits per heavy atom. The summed E-state index contributed by atoms with van der Waals surface area (Å²) in [4.78, 5) is 0. The van der Waals surface area contributed by atoms with Crippen molar-refractivity contribution in [3.8, 4) is 6.07 Å². The van der Waals surface area contributed by atoms with Gasteiger partial charge in [0.2, 0.25) is 0 Å². The van der Waals surface area contributed by atoms with Crippen LogP contribution in [0, 0.1) is 28.6 Å². The van der Waals surface area contributed by atoms with Crippen LogP contribution < -0.4 is 0 Å². The quantitative estimate of drug-likeness (QED) is 0.657. The van der Waals surface area contributed by atoms with Crippen molar-refractivity contribution >= 4 is 0 Å². The largest absolute Gasteiger partial charge is 0.192 e. The number of hydrogen-bond donors (Lipinski definition) is 0. The predicted molar refractivity (Wildman–Crippen MR) is 64.5 cm³/mol. The maximum Gasteiger partial charge on any atom is 0.0991 e. The minimum Gasteiger partial charge on any atom is -0.192 e. The van der Waals surface area contributed by atoms with E-state index in [-0.39, 0.29) is 0 Å². The van der Waals surface area contributed by atoms with Crippen LogP contribution in [0.4, 0.5) is 0 Å². The van der Waals surface area contributed by atoms with E-state index < -0.39 is 0 Å². The van der Waals surface area contributed by atoms with E-state index in [2.05, 4.69) is 18.2 Å². The van der Waals surface area contributed by atoms with Gasteiger partial charge in [-0.25, -0.2) is 0 Å². The van der Waals surface area contributed by atoms with E-state index in [0.29, 0.717) is 5.41 Å². The van der Waals surface area contributed by atoms with Crippen molar-refractivity contribution in [1.29, 1.82) is 5.26 Å². The lowest BCUT2D eigenvalue weighted by molar-refractivity contribution is 0.0724. The van der Waals surface area contributed by atoms with Gasteiger partial charge in [-0.3, -0.25) is 0 Å². The Balaban J connectivity index is 1.75. The minimum absolute atomic E-state index is 0.707. The van der Waals surface area contributed by atoms with Crippen LogP contribution in [0.1, 0.15) is 54.2 Å². The Morgan fingerprint density at radius 1 is 1.18 bits per heavy atom. The van der Waals surface area contributed by atoms with Crippen LogP contribution in [0.2, 0.25) is 0 Å². The number of nitriles is 1. The highest BCUT2D eigenvalue weighted by Gasteiger charge is 2.71. The summed E-state index contributed by atoms with van der Waals surface area (Å²) >= 11 is 0. The van der Waals surface area contributed by atoms with Gasteiger partial charge in [0.15, 0.2) is 0 Å². The van der Waals surface area contributed by atoms with Crippen molar-refractivity contribution in [3.63, 3.8) is 0 Å². The third-order valence-electron chi connectivity index (χ3n) is 6.22. The highest BCUT2D eigenvalue weighted by molar-refractivity contribution is 5.49. The Hall–Kier alpha value is -1.29. The molecule has 0 amide bonds. The van der Waals surface area contributed by atoms with Crippen molar-refractivity contribution in [1.82, 2.24) is 0 Å². The van der Waals surface area contributed by atoms with Crippen molar-refractivity contribution in [2.75, 3.05) is 0 Å². The van der Waals surface area contributed by atoms with E-state index in [4.69, 9.17) is 5.26 Å². The first kappa shape index (κ1) is 8.75. The molecule has 5 atom stereocenters. The number of hydrogen-bond acceptors (Lipinski definition) is 1. The summed E-state index contributed by atoms with van der Waals surface area (Å²) in [7, 11) is 0. The monoisotopic (exact) mass is 221 g/mol. The van der Waals surface area contributed by atoms with E-state index in [0.717, 1.165) is 29.2 Å². The first-order chi connectivity index (χ1) is 8.32. The lowest BCUT2D eigenvalue weighted by Crippen LogP contribution is -2.35. The lowest BCUT2D eigenvalue weighted by atomic mass is 9.62. The van der Waals surface area contributed by atoms with Gasteiger partial charge in [0.05, 0.1) is 11.6 Å². The number of nitrogens with zero attached hydrogens (tertiary/aromatic N) is 1. The second-order valence-corrected chi connectivity index (χ2v) is 6.68. The summed E-state index contributed by atoms with van der Waals surface area (Å²) in [5, 5.41) is 9.07. The predicted octanol–water partition coefficient (Wildman–Crippen LogP) is 3.56. The zero-order valence-corrected chi connectivity index (χ0v) is 9.82. The van der Waals surface area contributed by atoms with Gasteiger partial charge in [-0.05, 0) is 78.0 Å². The average molecular weight is 221 g/mol. The molecule has 1 spiro atoms. The number of benzene rings is 1. The summed E-state index contributed by atoms with van der Waals surface area (Å²) < 4.78 is 0. The molecule has 0 saturated heterocycles. The Bertz CT molecular complexity index is 582. The van der Waals surface area contributed by atoms with Crippen LogP contribution in [-0.2, 0) is 0 Å². The first-order valence-corrected chi connectivity index (χ1v) is 6.86. The molecule has 84 valence electrons. The highest BCUT2D eigenvalue weighted by Crippen LogP contribution is 2.81. The van der Waals surface area contributed by atoms with Crippen molar-refractivity contribution < 1.29 is 0 Å². The Morgan fingerprint density at radius 2 is 2.12 bits per heavy atom. The van der Waals surface area contributed by atoms with Gasteiger partial charge in [-0.15, -0.1) is 0 Å². The molecule has 1 aromatic rings. The zero-order chi connectivity index (χ0) is 11.2. The van der Waals surface area contributed by atoms with E-state index in [1.807, 2.05) is 6.07 Å². The molecule has 3 fully saturated rings. The summed E-state index contributed by atoms with van der Waals surface area (Å²) in [5.41, 5.74) is 4.72. The van der Waals surface area contributed by atoms with Crippen molar-refractivity contribution in [3.05, 3.63) is 34.9 Å². The molecule has 3 saturated carbocycles. The normalized spacial score (nSPS) is 47.2. The SMILES string of the molecule is N#Cc1ccc2c(c1)C1CC13CC1CC2CC13. The van der Waals surface area contributed by atoms with Gasteiger partial charge in [-0.1, -0.05) is 6.07 Å². The smallest absolute Gasteiger partial charge is 0.0991 e. The molecule has 1 heteroatoms. The second-order valence-electron chi connectivity index (χ2n) is 6.68. The van der Waals surface area contributed by atoms with Gasteiger partial charge >= 0.3 is 0 Å². The summed E-state index contributed by atoms with van der Waals surface area (Å²) in [6.07, 6.45) is 5.79. The summed E-state index contributed by atoms with van der Waals surface area (Å²) in [6.45, 7) is 0. The molecule has 1 aromatic carbocycles. The Kier molecular flexibility index (Phi) is 1.25. The van der Waals surface area contributed by atoms with E-state index in [1.165, 1.54) is 25.7 Å². The molecule has 5 unspecified atom stereocenters. The Labute approximate surface area is 101 Å². The molecule has 0 heterocycles. The maximum atomic E-state index is 9.07. The molecule has 4 aliphatic rings. The van der Waals surface area contributed by atoms with Gasteiger partial charge in [0.1, 0.15) is 0 Å². The molecule has 1 nitrogen and oxygen atoms in total. The number of rotatable bonds is 0. The molecule has 0 N–H and O–H groups in total. The zero-order valence-electron chi connectivity index (χ0n) is 9.82. The van der Waals surface area contributed by atoms with Crippen molar-refractivity contribution in [2.24, 2.45) is 17.3 Å². The second kappa shape index (κ2) is 2.43. The maximum absolute atomic E-state index is 9.07. The number of fused-ring (bicyclic) bond motifs is 4. The average Bonchev–Trinajstić information content (AvgIpc) is 2.99. The fourth-order valence-electron chi connectivity index (χ4n) is 5.48. The van der Waals surface area contributed by atoms with E-state index in [9.17, 15) is 0 Å². The van der Waals surface area contributed by atoms with Crippen LogP contribution in [0.5, 0.6) is 0 Å². The summed E-state index contributed by atoms with van der Waals surface area (Å²) in [5.74, 6) is 3.72. The molecule has 5 rings (SSSR count).